The van der Waals surface area contributed by atoms with E-state index in [0.29, 0.717) is 29.2 Å². The van der Waals surface area contributed by atoms with Crippen LogP contribution in [0.4, 0.5) is 18.9 Å². The van der Waals surface area contributed by atoms with E-state index in [1.54, 1.807) is 6.92 Å². The molecule has 1 fully saturated rings. The summed E-state index contributed by atoms with van der Waals surface area (Å²) in [6.07, 6.45) is 1.78. The third-order valence-corrected chi connectivity index (χ3v) is 6.77. The Balaban J connectivity index is 1.33. The maximum atomic E-state index is 12.8. The number of nitrogens with one attached hydrogen (secondary N) is 1. The van der Waals surface area contributed by atoms with E-state index in [2.05, 4.69) is 27.2 Å². The number of anilines is 1. The number of allylic oxidation sites excluding steroid dienone is 1. The first-order chi connectivity index (χ1) is 14.7. The summed E-state index contributed by atoms with van der Waals surface area (Å²) in [6, 6.07) is 5.36. The van der Waals surface area contributed by atoms with Crippen LogP contribution in [0.1, 0.15) is 26.2 Å². The van der Waals surface area contributed by atoms with Crippen LogP contribution in [-0.4, -0.2) is 41.2 Å². The van der Waals surface area contributed by atoms with Gasteiger partial charge in [-0.3, -0.25) is 9.59 Å². The van der Waals surface area contributed by atoms with Crippen LogP contribution >= 0.6 is 11.8 Å². The summed E-state index contributed by atoms with van der Waals surface area (Å²) >= 11 is 1.27. The maximum absolute atomic E-state index is 12.8. The summed E-state index contributed by atoms with van der Waals surface area (Å²) in [7, 11) is 0. The second-order valence-electron chi connectivity index (χ2n) is 7.78. The highest BCUT2D eigenvalue weighted by molar-refractivity contribution is 8.15. The second-order valence-corrected chi connectivity index (χ2v) is 8.97. The highest BCUT2D eigenvalue weighted by Gasteiger charge is 2.39. The maximum Gasteiger partial charge on any atom is 0.573 e. The van der Waals surface area contributed by atoms with E-state index < -0.39 is 11.6 Å². The SMILES string of the molecule is CCN(C(=O)CC1SC(NC2CC3C=CC2C3)=NC1=O)c1ccc(OC(F)(F)F)cc1. The number of amidine groups is 1. The summed E-state index contributed by atoms with van der Waals surface area (Å²) in [5.41, 5.74) is 0.436. The monoisotopic (exact) mass is 453 g/mol. The number of amides is 2. The molecule has 0 spiro atoms. The number of hydrogen-bond donors (Lipinski definition) is 1. The number of ether oxygens (including phenoxy) is 1. The Labute approximate surface area is 181 Å². The Kier molecular flexibility index (Phi) is 6.00. The van der Waals surface area contributed by atoms with Gasteiger partial charge in [-0.05, 0) is 55.9 Å². The highest BCUT2D eigenvalue weighted by atomic mass is 32.2. The lowest BCUT2D eigenvalue weighted by Crippen LogP contribution is -2.36. The number of fused-ring (bicyclic) bond motifs is 2. The van der Waals surface area contributed by atoms with Crippen molar-refractivity contribution in [3.05, 3.63) is 36.4 Å². The molecule has 4 unspecified atom stereocenters. The minimum absolute atomic E-state index is 0.0382. The molecule has 1 N–H and O–H groups in total. The minimum Gasteiger partial charge on any atom is -0.406 e. The molecule has 3 aliphatic rings. The number of nitrogens with zero attached hydrogens (tertiary/aromatic N) is 2. The third kappa shape index (κ3) is 5.06. The van der Waals surface area contributed by atoms with E-state index >= 15 is 0 Å². The summed E-state index contributed by atoms with van der Waals surface area (Å²) < 4.78 is 40.8. The normalized spacial score (nSPS) is 26.8. The molecule has 1 heterocycles. The van der Waals surface area contributed by atoms with Crippen molar-refractivity contribution in [3.8, 4) is 5.75 Å². The number of rotatable bonds is 6. The van der Waals surface area contributed by atoms with Crippen molar-refractivity contribution in [3.63, 3.8) is 0 Å². The number of carbonyl (C=O) groups excluding carboxylic acids is 2. The topological polar surface area (TPSA) is 71.0 Å². The molecule has 2 aliphatic carbocycles. The fourth-order valence-electron chi connectivity index (χ4n) is 4.28. The van der Waals surface area contributed by atoms with E-state index in [4.69, 9.17) is 0 Å². The van der Waals surface area contributed by atoms with Gasteiger partial charge in [0.2, 0.25) is 5.91 Å². The lowest BCUT2D eigenvalue weighted by atomic mass is 10.0. The van der Waals surface area contributed by atoms with Crippen LogP contribution in [0.2, 0.25) is 0 Å². The summed E-state index contributed by atoms with van der Waals surface area (Å²) in [6.45, 7) is 2.07. The van der Waals surface area contributed by atoms with Crippen molar-refractivity contribution in [1.29, 1.82) is 0 Å². The van der Waals surface area contributed by atoms with Gasteiger partial charge in [-0.25, -0.2) is 0 Å². The Morgan fingerprint density at radius 3 is 2.58 bits per heavy atom. The molecule has 10 heteroatoms. The number of halogens is 3. The van der Waals surface area contributed by atoms with Crippen LogP contribution in [0.3, 0.4) is 0 Å². The van der Waals surface area contributed by atoms with E-state index in [-0.39, 0.29) is 30.0 Å². The molecular weight excluding hydrogens is 431 g/mol. The van der Waals surface area contributed by atoms with Crippen LogP contribution in [0, 0.1) is 11.8 Å². The summed E-state index contributed by atoms with van der Waals surface area (Å²) in [5, 5.41) is 3.31. The van der Waals surface area contributed by atoms with Crippen molar-refractivity contribution in [2.24, 2.45) is 16.8 Å². The van der Waals surface area contributed by atoms with E-state index in [9.17, 15) is 22.8 Å². The van der Waals surface area contributed by atoms with E-state index in [1.165, 1.54) is 28.8 Å². The molecule has 1 aromatic rings. The Hall–Kier alpha value is -2.49. The van der Waals surface area contributed by atoms with Gasteiger partial charge in [-0.1, -0.05) is 23.9 Å². The van der Waals surface area contributed by atoms with Gasteiger partial charge >= 0.3 is 6.36 Å². The number of hydrogen-bond acceptors (Lipinski definition) is 5. The Morgan fingerprint density at radius 2 is 2.00 bits per heavy atom. The molecule has 1 aromatic carbocycles. The molecule has 2 amide bonds. The molecular formula is C21H22F3N3O3S. The fraction of sp³-hybridized carbons (Fsp3) is 0.476. The first kappa shape index (κ1) is 21.7. The van der Waals surface area contributed by atoms with Crippen molar-refractivity contribution in [2.45, 2.75) is 43.8 Å². The number of thioether (sulfide) groups is 1. The van der Waals surface area contributed by atoms with Crippen LogP contribution in [0.15, 0.2) is 41.4 Å². The molecule has 4 atom stereocenters. The second kappa shape index (κ2) is 8.57. The zero-order valence-corrected chi connectivity index (χ0v) is 17.6. The van der Waals surface area contributed by atoms with Gasteiger partial charge in [0.05, 0.1) is 0 Å². The first-order valence-electron chi connectivity index (χ1n) is 10.1. The molecule has 6 nitrogen and oxygen atoms in total. The van der Waals surface area contributed by atoms with E-state index in [0.717, 1.165) is 25.0 Å². The Morgan fingerprint density at radius 1 is 1.26 bits per heavy atom. The Bertz CT molecular complexity index is 917. The van der Waals surface area contributed by atoms with Gasteiger partial charge in [0.25, 0.3) is 5.91 Å². The molecule has 1 saturated carbocycles. The zero-order valence-electron chi connectivity index (χ0n) is 16.8. The molecule has 0 radical (unpaired) electrons. The van der Waals surface area contributed by atoms with Gasteiger partial charge in [-0.15, -0.1) is 13.2 Å². The van der Waals surface area contributed by atoms with Gasteiger partial charge in [0.15, 0.2) is 5.17 Å². The summed E-state index contributed by atoms with van der Waals surface area (Å²) in [4.78, 5) is 30.6. The average molecular weight is 453 g/mol. The number of alkyl halides is 3. The molecule has 1 aliphatic heterocycles. The van der Waals surface area contributed by atoms with Crippen LogP contribution < -0.4 is 15.0 Å². The van der Waals surface area contributed by atoms with Gasteiger partial charge in [0.1, 0.15) is 11.0 Å². The largest absolute Gasteiger partial charge is 0.573 e. The molecule has 2 bridgehead atoms. The summed E-state index contributed by atoms with van der Waals surface area (Å²) in [5.74, 6) is 0.0557. The average Bonchev–Trinajstić information content (AvgIpc) is 3.39. The predicted molar refractivity (Wildman–Crippen MR) is 112 cm³/mol. The van der Waals surface area contributed by atoms with Crippen molar-refractivity contribution < 1.29 is 27.5 Å². The standard InChI is InChI=1S/C21H22F3N3O3S/c1-2-27(14-5-7-15(8-6-14)30-21(22,23)24)18(28)11-17-19(29)26-20(31-17)25-16-10-12-3-4-13(16)9-12/h3-8,12-13,16-17H,2,9-11H2,1H3,(H,25,26,29). The van der Waals surface area contributed by atoms with Gasteiger partial charge in [0, 0.05) is 24.7 Å². The van der Waals surface area contributed by atoms with Gasteiger partial charge < -0.3 is 15.0 Å². The van der Waals surface area contributed by atoms with Crippen LogP contribution in [0.25, 0.3) is 0 Å². The first-order valence-corrected chi connectivity index (χ1v) is 11.0. The van der Waals surface area contributed by atoms with Crippen LogP contribution in [0.5, 0.6) is 5.75 Å². The molecule has 0 aromatic heterocycles. The lowest BCUT2D eigenvalue weighted by molar-refractivity contribution is -0.274. The van der Waals surface area contributed by atoms with Crippen molar-refractivity contribution in [1.82, 2.24) is 5.32 Å². The third-order valence-electron chi connectivity index (χ3n) is 5.69. The zero-order chi connectivity index (χ0) is 22.2. The van der Waals surface area contributed by atoms with Crippen molar-refractivity contribution >= 4 is 34.4 Å². The lowest BCUT2D eigenvalue weighted by Gasteiger charge is -2.23. The number of benzene rings is 1. The number of aliphatic imine (C=N–C) groups is 1. The predicted octanol–water partition coefficient (Wildman–Crippen LogP) is 3.88. The quantitative estimate of drug-likeness (QED) is 0.662. The molecule has 4 rings (SSSR count). The highest BCUT2D eigenvalue weighted by Crippen LogP contribution is 2.40. The molecule has 31 heavy (non-hydrogen) atoms. The van der Waals surface area contributed by atoms with E-state index in [1.807, 2.05) is 0 Å². The van der Waals surface area contributed by atoms with Crippen LogP contribution in [-0.2, 0) is 9.59 Å². The fourth-order valence-corrected chi connectivity index (χ4v) is 5.29. The molecule has 0 saturated heterocycles. The number of carbonyl (C=O) groups is 2. The van der Waals surface area contributed by atoms with Crippen molar-refractivity contribution in [2.75, 3.05) is 11.4 Å². The molecule has 166 valence electrons. The smallest absolute Gasteiger partial charge is 0.406 e. The van der Waals surface area contributed by atoms with Gasteiger partial charge in [-0.2, -0.15) is 4.99 Å². The minimum atomic E-state index is -4.78.